The molecule has 1 N–H and O–H groups in total. The lowest BCUT2D eigenvalue weighted by Gasteiger charge is -2.07. The molecule has 2 aromatic carbocycles. The van der Waals surface area contributed by atoms with Crippen LogP contribution in [0.4, 0.5) is 0 Å². The smallest absolute Gasteiger partial charge is 0.258 e. The summed E-state index contributed by atoms with van der Waals surface area (Å²) in [4.78, 5) is 19.5. The number of hydrogen-bond acceptors (Lipinski definition) is 2. The maximum atomic E-state index is 12.0. The first-order chi connectivity index (χ1) is 10.6. The van der Waals surface area contributed by atoms with Crippen LogP contribution in [0.2, 0.25) is 0 Å². The van der Waals surface area contributed by atoms with Gasteiger partial charge in [-0.05, 0) is 35.6 Å². The van der Waals surface area contributed by atoms with Gasteiger partial charge in [0.1, 0.15) is 5.82 Å². The number of nitrogens with zero attached hydrogens (tertiary/aromatic N) is 1. The van der Waals surface area contributed by atoms with Gasteiger partial charge in [0, 0.05) is 6.42 Å². The van der Waals surface area contributed by atoms with Crippen LogP contribution in [-0.4, -0.2) is 9.97 Å². The van der Waals surface area contributed by atoms with E-state index in [1.165, 1.54) is 11.1 Å². The third-order valence-corrected chi connectivity index (χ3v) is 3.96. The minimum atomic E-state index is -0.0595. The maximum absolute atomic E-state index is 12.0. The molecule has 0 fully saturated rings. The molecule has 0 bridgehead atoms. The molecule has 0 spiro atoms. The first kappa shape index (κ1) is 14.5. The van der Waals surface area contributed by atoms with Crippen LogP contribution < -0.4 is 5.56 Å². The third-order valence-electron chi connectivity index (χ3n) is 3.96. The summed E-state index contributed by atoms with van der Waals surface area (Å²) < 4.78 is 0. The minimum absolute atomic E-state index is 0.0595. The van der Waals surface area contributed by atoms with Crippen molar-refractivity contribution in [2.75, 3.05) is 0 Å². The van der Waals surface area contributed by atoms with Crippen LogP contribution >= 0.6 is 0 Å². The van der Waals surface area contributed by atoms with Gasteiger partial charge in [0.05, 0.1) is 10.9 Å². The van der Waals surface area contributed by atoms with Gasteiger partial charge in [-0.15, -0.1) is 0 Å². The number of fused-ring (bicyclic) bond motifs is 1. The first-order valence-corrected chi connectivity index (χ1v) is 7.70. The van der Waals surface area contributed by atoms with E-state index in [1.807, 2.05) is 18.2 Å². The summed E-state index contributed by atoms with van der Waals surface area (Å²) >= 11 is 0. The highest BCUT2D eigenvalue weighted by Crippen LogP contribution is 2.15. The number of benzene rings is 2. The van der Waals surface area contributed by atoms with E-state index in [0.29, 0.717) is 11.3 Å². The van der Waals surface area contributed by atoms with Crippen molar-refractivity contribution in [3.8, 4) is 0 Å². The molecule has 0 aliphatic rings. The lowest BCUT2D eigenvalue weighted by Crippen LogP contribution is -2.12. The predicted molar refractivity (Wildman–Crippen MR) is 90.3 cm³/mol. The van der Waals surface area contributed by atoms with Crippen LogP contribution in [0.3, 0.4) is 0 Å². The average molecular weight is 292 g/mol. The van der Waals surface area contributed by atoms with E-state index < -0.39 is 0 Å². The second-order valence-corrected chi connectivity index (χ2v) is 5.93. The minimum Gasteiger partial charge on any atom is -0.310 e. The molecule has 0 radical (unpaired) electrons. The summed E-state index contributed by atoms with van der Waals surface area (Å²) in [7, 11) is 0. The van der Waals surface area contributed by atoms with Crippen LogP contribution in [0.1, 0.15) is 36.7 Å². The fraction of sp³-hybridized carbons (Fsp3) is 0.263. The predicted octanol–water partition coefficient (Wildman–Crippen LogP) is 3.83. The monoisotopic (exact) mass is 292 g/mol. The zero-order chi connectivity index (χ0) is 15.5. The quantitative estimate of drug-likeness (QED) is 0.794. The molecule has 0 aliphatic carbocycles. The SMILES string of the molecule is CC(C)c1ccc(CCc2nc3ccccc3c(=O)[nH]2)cc1. The van der Waals surface area contributed by atoms with E-state index in [2.05, 4.69) is 48.1 Å². The molecular formula is C19H20N2O. The van der Waals surface area contributed by atoms with Gasteiger partial charge in [0.2, 0.25) is 0 Å². The van der Waals surface area contributed by atoms with Crippen LogP contribution in [0, 0.1) is 0 Å². The Bertz CT molecular complexity index is 832. The lowest BCUT2D eigenvalue weighted by molar-refractivity contribution is 0.848. The second-order valence-electron chi connectivity index (χ2n) is 5.93. The molecule has 3 nitrogen and oxygen atoms in total. The van der Waals surface area contributed by atoms with E-state index in [9.17, 15) is 4.79 Å². The normalized spacial score (nSPS) is 11.2. The van der Waals surface area contributed by atoms with Crippen molar-refractivity contribution >= 4 is 10.9 Å². The lowest BCUT2D eigenvalue weighted by atomic mass is 10.0. The summed E-state index contributed by atoms with van der Waals surface area (Å²) in [5.41, 5.74) is 3.31. The Labute approximate surface area is 130 Å². The standard InChI is InChI=1S/C19H20N2O/c1-13(2)15-10-7-14(8-11-15)9-12-18-20-17-6-4-3-5-16(17)19(22)21-18/h3-8,10-11,13H,9,12H2,1-2H3,(H,20,21,22). The number of nitrogens with one attached hydrogen (secondary N) is 1. The highest BCUT2D eigenvalue weighted by Gasteiger charge is 2.04. The number of aryl methyl sites for hydroxylation is 2. The fourth-order valence-corrected chi connectivity index (χ4v) is 2.59. The number of hydrogen-bond donors (Lipinski definition) is 1. The second kappa shape index (κ2) is 6.14. The molecule has 0 atom stereocenters. The summed E-state index contributed by atoms with van der Waals surface area (Å²) in [6, 6.07) is 16.1. The van der Waals surface area contributed by atoms with Crippen molar-refractivity contribution < 1.29 is 0 Å². The Morgan fingerprint density at radius 3 is 2.45 bits per heavy atom. The first-order valence-electron chi connectivity index (χ1n) is 7.70. The molecule has 0 saturated heterocycles. The van der Waals surface area contributed by atoms with E-state index >= 15 is 0 Å². The van der Waals surface area contributed by atoms with E-state index in [1.54, 1.807) is 6.07 Å². The average Bonchev–Trinajstić information content (AvgIpc) is 2.53. The number of H-pyrrole nitrogens is 1. The maximum Gasteiger partial charge on any atom is 0.258 e. The van der Waals surface area contributed by atoms with E-state index in [0.717, 1.165) is 24.2 Å². The van der Waals surface area contributed by atoms with Gasteiger partial charge in [0.25, 0.3) is 5.56 Å². The van der Waals surface area contributed by atoms with Crippen molar-refractivity contribution in [2.45, 2.75) is 32.6 Å². The number of rotatable bonds is 4. The van der Waals surface area contributed by atoms with Gasteiger partial charge >= 0.3 is 0 Å². The Morgan fingerprint density at radius 1 is 1.00 bits per heavy atom. The molecule has 1 aromatic heterocycles. The topological polar surface area (TPSA) is 45.8 Å². The molecule has 0 unspecified atom stereocenters. The molecule has 3 aromatic rings. The van der Waals surface area contributed by atoms with Crippen molar-refractivity contribution in [3.05, 3.63) is 75.8 Å². The van der Waals surface area contributed by atoms with Gasteiger partial charge in [-0.2, -0.15) is 0 Å². The highest BCUT2D eigenvalue weighted by atomic mass is 16.1. The van der Waals surface area contributed by atoms with Gasteiger partial charge in [-0.1, -0.05) is 50.2 Å². The molecule has 1 heterocycles. The number of aromatic nitrogens is 2. The molecular weight excluding hydrogens is 272 g/mol. The molecule has 3 rings (SSSR count). The highest BCUT2D eigenvalue weighted by molar-refractivity contribution is 5.77. The van der Waals surface area contributed by atoms with Gasteiger partial charge in [0.15, 0.2) is 0 Å². The van der Waals surface area contributed by atoms with Gasteiger partial charge < -0.3 is 4.98 Å². The molecule has 0 aliphatic heterocycles. The van der Waals surface area contributed by atoms with Crippen molar-refractivity contribution in [3.63, 3.8) is 0 Å². The zero-order valence-corrected chi connectivity index (χ0v) is 13.0. The van der Waals surface area contributed by atoms with Crippen molar-refractivity contribution in [1.29, 1.82) is 0 Å². The Hall–Kier alpha value is -2.42. The third kappa shape index (κ3) is 3.08. The Morgan fingerprint density at radius 2 is 1.73 bits per heavy atom. The fourth-order valence-electron chi connectivity index (χ4n) is 2.59. The van der Waals surface area contributed by atoms with E-state index in [-0.39, 0.29) is 5.56 Å². The van der Waals surface area contributed by atoms with Crippen molar-refractivity contribution in [2.24, 2.45) is 0 Å². The Kier molecular flexibility index (Phi) is 4.05. The number of para-hydroxylation sites is 1. The van der Waals surface area contributed by atoms with Crippen LogP contribution in [0.5, 0.6) is 0 Å². The summed E-state index contributed by atoms with van der Waals surface area (Å²) in [5, 5.41) is 0.646. The molecule has 22 heavy (non-hydrogen) atoms. The molecule has 0 saturated carbocycles. The van der Waals surface area contributed by atoms with Gasteiger partial charge in [-0.3, -0.25) is 4.79 Å². The zero-order valence-electron chi connectivity index (χ0n) is 13.0. The summed E-state index contributed by atoms with van der Waals surface area (Å²) in [6.07, 6.45) is 1.61. The molecule has 3 heteroatoms. The number of aromatic amines is 1. The largest absolute Gasteiger partial charge is 0.310 e. The van der Waals surface area contributed by atoms with Crippen molar-refractivity contribution in [1.82, 2.24) is 9.97 Å². The molecule has 112 valence electrons. The van der Waals surface area contributed by atoms with Crippen LogP contribution in [-0.2, 0) is 12.8 Å². The van der Waals surface area contributed by atoms with Gasteiger partial charge in [-0.25, -0.2) is 4.98 Å². The van der Waals surface area contributed by atoms with Crippen LogP contribution in [0.15, 0.2) is 53.3 Å². The van der Waals surface area contributed by atoms with E-state index in [4.69, 9.17) is 0 Å². The molecule has 0 amide bonds. The summed E-state index contributed by atoms with van der Waals surface area (Å²) in [5.74, 6) is 1.30. The summed E-state index contributed by atoms with van der Waals surface area (Å²) in [6.45, 7) is 4.39. The Balaban J connectivity index is 1.77. The van der Waals surface area contributed by atoms with Crippen LogP contribution in [0.25, 0.3) is 10.9 Å².